The van der Waals surface area contributed by atoms with Crippen LogP contribution in [0, 0.1) is 11.3 Å². The molecule has 0 aliphatic rings. The molecule has 2 rings (SSSR count). The number of likely N-dealkylation sites (N-methyl/N-ethyl adjacent to an activating group) is 1. The van der Waals surface area contributed by atoms with E-state index in [1.54, 1.807) is 32.2 Å². The molecule has 26 heavy (non-hydrogen) atoms. The third kappa shape index (κ3) is 4.83. The van der Waals surface area contributed by atoms with E-state index in [4.69, 9.17) is 5.26 Å². The summed E-state index contributed by atoms with van der Waals surface area (Å²) < 4.78 is 39.3. The quantitative estimate of drug-likeness (QED) is 0.875. The van der Waals surface area contributed by atoms with Crippen molar-refractivity contribution in [2.45, 2.75) is 25.7 Å². The number of benzene rings is 2. The predicted octanol–water partition coefficient (Wildman–Crippen LogP) is 4.04. The molecule has 0 fully saturated rings. The Kier molecular flexibility index (Phi) is 6.01. The fourth-order valence-corrected chi connectivity index (χ4v) is 2.45. The van der Waals surface area contributed by atoms with Crippen LogP contribution in [0.1, 0.15) is 23.6 Å². The van der Waals surface area contributed by atoms with Crippen molar-refractivity contribution in [2.24, 2.45) is 0 Å². The molecule has 1 amide bonds. The number of alkyl halides is 3. The minimum Gasteiger partial charge on any atom is -0.325 e. The van der Waals surface area contributed by atoms with Gasteiger partial charge in [-0.1, -0.05) is 24.3 Å². The molecule has 2 aromatic carbocycles. The topological polar surface area (TPSA) is 56.1 Å². The van der Waals surface area contributed by atoms with Gasteiger partial charge in [0, 0.05) is 12.2 Å². The molecule has 1 unspecified atom stereocenters. The van der Waals surface area contributed by atoms with Gasteiger partial charge in [-0.15, -0.1) is 0 Å². The normalized spacial score (nSPS) is 12.5. The molecule has 0 aromatic heterocycles. The monoisotopic (exact) mass is 361 g/mol. The third-order valence-electron chi connectivity index (χ3n) is 4.04. The van der Waals surface area contributed by atoms with E-state index in [0.29, 0.717) is 11.3 Å². The van der Waals surface area contributed by atoms with Crippen LogP contribution in [0.15, 0.2) is 48.5 Å². The second-order valence-electron chi connectivity index (χ2n) is 5.93. The van der Waals surface area contributed by atoms with Crippen molar-refractivity contribution in [1.29, 1.82) is 5.26 Å². The average Bonchev–Trinajstić information content (AvgIpc) is 2.60. The van der Waals surface area contributed by atoms with Gasteiger partial charge in [0.2, 0.25) is 5.91 Å². The molecule has 4 nitrogen and oxygen atoms in total. The third-order valence-corrected chi connectivity index (χ3v) is 4.04. The molecule has 0 spiro atoms. The highest BCUT2D eigenvalue weighted by Crippen LogP contribution is 2.32. The minimum absolute atomic E-state index is 0.0253. The number of carbonyl (C=O) groups excluding carboxylic acids is 1. The Morgan fingerprint density at radius 2 is 1.92 bits per heavy atom. The van der Waals surface area contributed by atoms with Crippen LogP contribution in [-0.2, 0) is 17.5 Å². The highest BCUT2D eigenvalue weighted by atomic mass is 19.4. The number of rotatable bonds is 5. The molecule has 0 radical (unpaired) electrons. The first kappa shape index (κ1) is 19.5. The second kappa shape index (κ2) is 8.02. The van der Waals surface area contributed by atoms with Gasteiger partial charge in [-0.3, -0.25) is 9.69 Å². The second-order valence-corrected chi connectivity index (χ2v) is 5.93. The van der Waals surface area contributed by atoms with Gasteiger partial charge in [0.05, 0.1) is 23.2 Å². The van der Waals surface area contributed by atoms with Crippen molar-refractivity contribution in [3.63, 3.8) is 0 Å². The number of nitrogens with zero attached hydrogens (tertiary/aromatic N) is 2. The summed E-state index contributed by atoms with van der Waals surface area (Å²) in [7, 11) is 1.59. The maximum atomic E-state index is 13.1. The van der Waals surface area contributed by atoms with E-state index in [1.807, 2.05) is 6.07 Å². The summed E-state index contributed by atoms with van der Waals surface area (Å²) in [6.45, 7) is 1.59. The minimum atomic E-state index is -4.44. The zero-order chi connectivity index (χ0) is 19.3. The van der Waals surface area contributed by atoms with Gasteiger partial charge in [0.25, 0.3) is 0 Å². The van der Waals surface area contributed by atoms with Crippen LogP contribution in [-0.4, -0.2) is 23.9 Å². The summed E-state index contributed by atoms with van der Waals surface area (Å²) >= 11 is 0. The molecular formula is C19H18F3N3O. The van der Waals surface area contributed by atoms with Gasteiger partial charge in [-0.05, 0) is 43.8 Å². The van der Waals surface area contributed by atoms with Gasteiger partial charge in [0.1, 0.15) is 0 Å². The molecule has 0 heterocycles. The zero-order valence-electron chi connectivity index (χ0n) is 14.3. The van der Waals surface area contributed by atoms with Crippen LogP contribution < -0.4 is 5.32 Å². The Labute approximate surface area is 149 Å². The number of nitriles is 1. The lowest BCUT2D eigenvalue weighted by Gasteiger charge is -2.25. The van der Waals surface area contributed by atoms with Crippen LogP contribution in [0.4, 0.5) is 18.9 Å². The van der Waals surface area contributed by atoms with E-state index in [9.17, 15) is 18.0 Å². The summed E-state index contributed by atoms with van der Waals surface area (Å²) in [5.41, 5.74) is 0.266. The van der Waals surface area contributed by atoms with E-state index in [-0.39, 0.29) is 18.0 Å². The van der Waals surface area contributed by atoms with E-state index >= 15 is 0 Å². The Hall–Kier alpha value is -2.85. The van der Waals surface area contributed by atoms with Gasteiger partial charge >= 0.3 is 6.18 Å². The lowest BCUT2D eigenvalue weighted by atomic mass is 10.1. The number of halogens is 3. The Morgan fingerprint density at radius 1 is 1.23 bits per heavy atom. The number of amides is 1. The smallest absolute Gasteiger partial charge is 0.325 e. The largest absolute Gasteiger partial charge is 0.416 e. The standard InChI is InChI=1S/C19H18F3N3O/c1-13(18(26)24-16-8-5-6-14(10-16)11-23)25(2)12-15-7-3-4-9-17(15)19(20,21)22/h3-10,13H,12H2,1-2H3,(H,24,26). The number of anilines is 1. The molecule has 7 heteroatoms. The Morgan fingerprint density at radius 3 is 2.58 bits per heavy atom. The van der Waals surface area contributed by atoms with Crippen LogP contribution in [0.5, 0.6) is 0 Å². The van der Waals surface area contributed by atoms with Crippen LogP contribution >= 0.6 is 0 Å². The van der Waals surface area contributed by atoms with Gasteiger partial charge in [-0.25, -0.2) is 0 Å². The SMILES string of the molecule is CC(C(=O)Nc1cccc(C#N)c1)N(C)Cc1ccccc1C(F)(F)F. The number of nitrogens with one attached hydrogen (secondary N) is 1. The molecule has 2 aromatic rings. The lowest BCUT2D eigenvalue weighted by molar-refractivity contribution is -0.138. The summed E-state index contributed by atoms with van der Waals surface area (Å²) in [5.74, 6) is -0.368. The molecule has 136 valence electrons. The molecule has 0 saturated heterocycles. The van der Waals surface area contributed by atoms with Crippen LogP contribution in [0.2, 0.25) is 0 Å². The summed E-state index contributed by atoms with van der Waals surface area (Å²) in [6.07, 6.45) is -4.44. The van der Waals surface area contributed by atoms with Gasteiger partial charge in [0.15, 0.2) is 0 Å². The fraction of sp³-hybridized carbons (Fsp3) is 0.263. The Balaban J connectivity index is 2.09. The average molecular weight is 361 g/mol. The predicted molar refractivity (Wildman–Crippen MR) is 92.2 cm³/mol. The first-order valence-corrected chi connectivity index (χ1v) is 7.88. The maximum absolute atomic E-state index is 13.1. The first-order valence-electron chi connectivity index (χ1n) is 7.88. The van der Waals surface area contributed by atoms with Crippen molar-refractivity contribution in [2.75, 3.05) is 12.4 Å². The molecule has 0 aliphatic carbocycles. The lowest BCUT2D eigenvalue weighted by Crippen LogP contribution is -2.39. The van der Waals surface area contributed by atoms with Gasteiger partial charge in [-0.2, -0.15) is 18.4 Å². The molecule has 1 N–H and O–H groups in total. The summed E-state index contributed by atoms with van der Waals surface area (Å²) in [4.78, 5) is 13.9. The number of hydrogen-bond acceptors (Lipinski definition) is 3. The highest BCUT2D eigenvalue weighted by Gasteiger charge is 2.33. The first-order chi connectivity index (χ1) is 12.2. The fourth-order valence-electron chi connectivity index (χ4n) is 2.45. The summed E-state index contributed by atoms with van der Waals surface area (Å²) in [5, 5.41) is 11.6. The van der Waals surface area contributed by atoms with Crippen molar-refractivity contribution >= 4 is 11.6 Å². The molecule has 1 atom stereocenters. The molecule has 0 bridgehead atoms. The van der Waals surface area contributed by atoms with Crippen molar-refractivity contribution in [1.82, 2.24) is 4.90 Å². The molecule has 0 saturated carbocycles. The highest BCUT2D eigenvalue weighted by molar-refractivity contribution is 5.94. The van der Waals surface area contributed by atoms with E-state index < -0.39 is 17.8 Å². The zero-order valence-corrected chi connectivity index (χ0v) is 14.3. The summed E-state index contributed by atoms with van der Waals surface area (Å²) in [6, 6.07) is 13.0. The Bertz CT molecular complexity index is 827. The number of carbonyl (C=O) groups is 1. The number of hydrogen-bond donors (Lipinski definition) is 1. The van der Waals surface area contributed by atoms with Crippen LogP contribution in [0.3, 0.4) is 0 Å². The van der Waals surface area contributed by atoms with Crippen molar-refractivity contribution in [3.8, 4) is 6.07 Å². The van der Waals surface area contributed by atoms with Crippen molar-refractivity contribution < 1.29 is 18.0 Å². The van der Waals surface area contributed by atoms with E-state index in [2.05, 4.69) is 5.32 Å². The van der Waals surface area contributed by atoms with Crippen molar-refractivity contribution in [3.05, 3.63) is 65.2 Å². The van der Waals surface area contributed by atoms with Gasteiger partial charge < -0.3 is 5.32 Å². The maximum Gasteiger partial charge on any atom is 0.416 e. The molecular weight excluding hydrogens is 343 g/mol. The van der Waals surface area contributed by atoms with E-state index in [0.717, 1.165) is 6.07 Å². The molecule has 0 aliphatic heterocycles. The van der Waals surface area contributed by atoms with E-state index in [1.165, 1.54) is 29.2 Å². The van der Waals surface area contributed by atoms with Crippen LogP contribution in [0.25, 0.3) is 0 Å².